The molecule has 1 aromatic heterocycles. The van der Waals surface area contributed by atoms with Crippen LogP contribution >= 0.6 is 0 Å². The molecule has 0 aliphatic heterocycles. The van der Waals surface area contributed by atoms with E-state index in [2.05, 4.69) is 30.3 Å². The van der Waals surface area contributed by atoms with Crippen molar-refractivity contribution in [3.8, 4) is 17.0 Å². The van der Waals surface area contributed by atoms with Gasteiger partial charge in [-0.25, -0.2) is 0 Å². The maximum atomic E-state index is 10.9. The highest BCUT2D eigenvalue weighted by molar-refractivity contribution is 5.93. The van der Waals surface area contributed by atoms with Crippen molar-refractivity contribution in [2.24, 2.45) is 7.05 Å². The average molecular weight is 400 g/mol. The molecule has 1 N–H and O–H groups in total. The van der Waals surface area contributed by atoms with Gasteiger partial charge in [-0.2, -0.15) is 5.10 Å². The minimum atomic E-state index is -0.788. The molecule has 0 amide bonds. The molecule has 4 rings (SSSR count). The van der Waals surface area contributed by atoms with Crippen molar-refractivity contribution in [1.29, 1.82) is 0 Å². The first-order valence-electron chi connectivity index (χ1n) is 9.97. The Balaban J connectivity index is 1.48. The zero-order valence-electron chi connectivity index (χ0n) is 17.1. The molecule has 0 fully saturated rings. The van der Waals surface area contributed by atoms with E-state index in [1.54, 1.807) is 0 Å². The number of hydrogen-bond donors (Lipinski definition) is 1. The van der Waals surface area contributed by atoms with Gasteiger partial charge < -0.3 is 9.84 Å². The highest BCUT2D eigenvalue weighted by Crippen LogP contribution is 2.28. The number of hydrogen-bond acceptors (Lipinski definition) is 3. The Hall–Kier alpha value is -3.60. The number of rotatable bonds is 7. The first-order valence-corrected chi connectivity index (χ1v) is 9.97. The minimum Gasteiger partial charge on any atom is -0.489 e. The molecule has 0 saturated carbocycles. The summed E-state index contributed by atoms with van der Waals surface area (Å²) in [6.45, 7) is 2.36. The SMILES string of the molecule is CC(CC(=O)O)c1ccc(OCc2ccc3c(-c4ccccc4)nn(C)c3c2)cc1. The fourth-order valence-electron chi connectivity index (χ4n) is 3.64. The second kappa shape index (κ2) is 8.41. The predicted molar refractivity (Wildman–Crippen MR) is 118 cm³/mol. The third kappa shape index (κ3) is 4.20. The van der Waals surface area contributed by atoms with Gasteiger partial charge in [0.1, 0.15) is 18.1 Å². The number of carbonyl (C=O) groups is 1. The molecule has 1 heterocycles. The lowest BCUT2D eigenvalue weighted by atomic mass is 9.98. The molecule has 0 radical (unpaired) electrons. The highest BCUT2D eigenvalue weighted by atomic mass is 16.5. The quantitative estimate of drug-likeness (QED) is 0.451. The topological polar surface area (TPSA) is 64.3 Å². The van der Waals surface area contributed by atoms with Crippen LogP contribution in [0, 0.1) is 0 Å². The summed E-state index contributed by atoms with van der Waals surface area (Å²) in [5.41, 5.74) is 5.20. The van der Waals surface area contributed by atoms with Gasteiger partial charge in [-0.1, -0.05) is 61.5 Å². The van der Waals surface area contributed by atoms with Crippen LogP contribution in [0.2, 0.25) is 0 Å². The second-order valence-electron chi connectivity index (χ2n) is 7.55. The van der Waals surface area contributed by atoms with Crippen LogP contribution in [-0.2, 0) is 18.4 Å². The van der Waals surface area contributed by atoms with Gasteiger partial charge in [0, 0.05) is 18.0 Å². The molecule has 0 bridgehead atoms. The summed E-state index contributed by atoms with van der Waals surface area (Å²) in [6, 6.07) is 24.1. The van der Waals surface area contributed by atoms with Gasteiger partial charge in [-0.3, -0.25) is 9.48 Å². The predicted octanol–water partition coefficient (Wildman–Crippen LogP) is 5.40. The number of carboxylic acids is 1. The number of carboxylic acid groups (broad SMARTS) is 1. The van der Waals surface area contributed by atoms with Gasteiger partial charge in [0.05, 0.1) is 11.9 Å². The van der Waals surface area contributed by atoms with Crippen molar-refractivity contribution < 1.29 is 14.6 Å². The van der Waals surface area contributed by atoms with Crippen molar-refractivity contribution in [1.82, 2.24) is 9.78 Å². The van der Waals surface area contributed by atoms with Crippen LogP contribution in [0.4, 0.5) is 0 Å². The third-order valence-corrected chi connectivity index (χ3v) is 5.30. The van der Waals surface area contributed by atoms with Crippen LogP contribution < -0.4 is 4.74 Å². The van der Waals surface area contributed by atoms with Crippen molar-refractivity contribution in [2.75, 3.05) is 0 Å². The molecule has 0 aliphatic carbocycles. The van der Waals surface area contributed by atoms with E-state index >= 15 is 0 Å². The first kappa shape index (κ1) is 19.7. The van der Waals surface area contributed by atoms with Gasteiger partial charge in [-0.15, -0.1) is 0 Å². The molecule has 0 aliphatic rings. The number of ether oxygens (including phenoxy) is 1. The number of aliphatic carboxylic acids is 1. The fraction of sp³-hybridized carbons (Fsp3) is 0.200. The van der Waals surface area contributed by atoms with Gasteiger partial charge in [0.25, 0.3) is 0 Å². The molecule has 0 spiro atoms. The third-order valence-electron chi connectivity index (χ3n) is 5.30. The van der Waals surface area contributed by atoms with E-state index in [4.69, 9.17) is 14.9 Å². The number of aromatic nitrogens is 2. The maximum Gasteiger partial charge on any atom is 0.303 e. The Bertz CT molecular complexity index is 1160. The lowest BCUT2D eigenvalue weighted by Gasteiger charge is -2.11. The maximum absolute atomic E-state index is 10.9. The molecule has 5 nitrogen and oxygen atoms in total. The van der Waals surface area contributed by atoms with Crippen LogP contribution in [0.15, 0.2) is 72.8 Å². The number of aryl methyl sites for hydroxylation is 1. The summed E-state index contributed by atoms with van der Waals surface area (Å²) in [5, 5.41) is 14.8. The Morgan fingerprint density at radius 1 is 1.07 bits per heavy atom. The molecule has 1 unspecified atom stereocenters. The summed E-state index contributed by atoms with van der Waals surface area (Å²) in [4.78, 5) is 10.9. The van der Waals surface area contributed by atoms with Crippen molar-refractivity contribution in [3.63, 3.8) is 0 Å². The van der Waals surface area contributed by atoms with Gasteiger partial charge >= 0.3 is 5.97 Å². The largest absolute Gasteiger partial charge is 0.489 e. The molecule has 4 aromatic rings. The molecule has 0 saturated heterocycles. The average Bonchev–Trinajstić information content (AvgIpc) is 3.09. The number of benzene rings is 3. The summed E-state index contributed by atoms with van der Waals surface area (Å²) < 4.78 is 7.84. The smallest absolute Gasteiger partial charge is 0.303 e. The van der Waals surface area contributed by atoms with E-state index in [0.717, 1.165) is 39.0 Å². The first-order chi connectivity index (χ1) is 14.5. The van der Waals surface area contributed by atoms with Crippen molar-refractivity contribution in [2.45, 2.75) is 25.9 Å². The number of fused-ring (bicyclic) bond motifs is 1. The van der Waals surface area contributed by atoms with Crippen LogP contribution in [0.3, 0.4) is 0 Å². The van der Waals surface area contributed by atoms with Gasteiger partial charge in [0.2, 0.25) is 0 Å². The Labute approximate surface area is 175 Å². The summed E-state index contributed by atoms with van der Waals surface area (Å²) >= 11 is 0. The highest BCUT2D eigenvalue weighted by Gasteiger charge is 2.12. The second-order valence-corrected chi connectivity index (χ2v) is 7.55. The van der Waals surface area contributed by atoms with E-state index in [-0.39, 0.29) is 12.3 Å². The lowest BCUT2D eigenvalue weighted by Crippen LogP contribution is -2.03. The molecule has 1 atom stereocenters. The lowest BCUT2D eigenvalue weighted by molar-refractivity contribution is -0.137. The molecular weight excluding hydrogens is 376 g/mol. The minimum absolute atomic E-state index is 0.0254. The molecular formula is C25H24N2O3. The van der Waals surface area contributed by atoms with Crippen LogP contribution in [0.25, 0.3) is 22.2 Å². The van der Waals surface area contributed by atoms with E-state index in [1.165, 1.54) is 0 Å². The van der Waals surface area contributed by atoms with E-state index in [0.29, 0.717) is 6.61 Å². The summed E-state index contributed by atoms with van der Waals surface area (Å²) in [7, 11) is 1.95. The monoisotopic (exact) mass is 400 g/mol. The molecule has 152 valence electrons. The standard InChI is InChI=1S/C25H24N2O3/c1-17(14-24(28)29)19-9-11-21(12-10-19)30-16-18-8-13-22-23(15-18)27(2)26-25(22)20-6-4-3-5-7-20/h3-13,15,17H,14,16H2,1-2H3,(H,28,29). The fourth-order valence-corrected chi connectivity index (χ4v) is 3.64. The van der Waals surface area contributed by atoms with Crippen molar-refractivity contribution >= 4 is 16.9 Å². The van der Waals surface area contributed by atoms with E-state index < -0.39 is 5.97 Å². The Morgan fingerprint density at radius 2 is 1.80 bits per heavy atom. The van der Waals surface area contributed by atoms with Gasteiger partial charge in [-0.05, 0) is 35.2 Å². The van der Waals surface area contributed by atoms with Crippen LogP contribution in [-0.4, -0.2) is 20.9 Å². The molecule has 30 heavy (non-hydrogen) atoms. The number of nitrogens with zero attached hydrogens (tertiary/aromatic N) is 2. The van der Waals surface area contributed by atoms with Crippen LogP contribution in [0.5, 0.6) is 5.75 Å². The van der Waals surface area contributed by atoms with Crippen LogP contribution in [0.1, 0.15) is 30.4 Å². The van der Waals surface area contributed by atoms with Crippen molar-refractivity contribution in [3.05, 3.63) is 83.9 Å². The Morgan fingerprint density at radius 3 is 2.50 bits per heavy atom. The zero-order valence-corrected chi connectivity index (χ0v) is 17.1. The summed E-state index contributed by atoms with van der Waals surface area (Å²) in [5.74, 6) is -0.0530. The Kier molecular flexibility index (Phi) is 5.53. The van der Waals surface area contributed by atoms with E-state index in [9.17, 15) is 4.79 Å². The van der Waals surface area contributed by atoms with Gasteiger partial charge in [0.15, 0.2) is 0 Å². The zero-order chi connectivity index (χ0) is 21.1. The summed E-state index contributed by atoms with van der Waals surface area (Å²) in [6.07, 6.45) is 0.121. The molecule has 3 aromatic carbocycles. The molecule has 5 heteroatoms. The van der Waals surface area contributed by atoms with E-state index in [1.807, 2.05) is 61.1 Å². The normalized spacial score (nSPS) is 12.1.